The van der Waals surface area contributed by atoms with Crippen molar-refractivity contribution < 1.29 is 9.66 Å². The minimum atomic E-state index is -0.321. The van der Waals surface area contributed by atoms with E-state index in [1.54, 1.807) is 6.07 Å². The summed E-state index contributed by atoms with van der Waals surface area (Å²) in [6.45, 7) is 2.50. The number of rotatable bonds is 8. The van der Waals surface area contributed by atoms with Crippen LogP contribution in [0.5, 0.6) is 0 Å². The second-order valence-corrected chi connectivity index (χ2v) is 10.2. The van der Waals surface area contributed by atoms with Crippen LogP contribution in [0.4, 0.5) is 17.5 Å². The van der Waals surface area contributed by atoms with Gasteiger partial charge in [-0.05, 0) is 62.4 Å². The van der Waals surface area contributed by atoms with Gasteiger partial charge >= 0.3 is 0 Å². The molecule has 0 bridgehead atoms. The van der Waals surface area contributed by atoms with Crippen LogP contribution >= 0.6 is 0 Å². The standard InChI is InChI=1S/C28H34N6O3/c1-18-8-14-23(25(16-18)34(35)36)26-15-13-21(37-26)17-29-19-9-11-20(12-10-19)30-28-31-24-7-5-4-6-22(24)27(32-28)33(2)3/h4-8,13-14,16,19-20,26,29H,9-12,15,17H2,1-3H3,(H,30,31,32)/t19-,20+,26?. The molecule has 194 valence electrons. The predicted octanol–water partition coefficient (Wildman–Crippen LogP) is 5.27. The lowest BCUT2D eigenvalue weighted by Crippen LogP contribution is -2.38. The van der Waals surface area contributed by atoms with Crippen LogP contribution in [0.2, 0.25) is 0 Å². The van der Waals surface area contributed by atoms with Gasteiger partial charge in [-0.1, -0.05) is 18.2 Å². The summed E-state index contributed by atoms with van der Waals surface area (Å²) < 4.78 is 6.10. The molecule has 3 aromatic rings. The smallest absolute Gasteiger partial charge is 0.276 e. The first kappa shape index (κ1) is 25.0. The van der Waals surface area contributed by atoms with E-state index in [2.05, 4.69) is 16.7 Å². The maximum Gasteiger partial charge on any atom is 0.276 e. The van der Waals surface area contributed by atoms with Gasteiger partial charge < -0.3 is 20.3 Å². The summed E-state index contributed by atoms with van der Waals surface area (Å²) in [6.07, 6.45) is 6.56. The van der Waals surface area contributed by atoms with E-state index in [9.17, 15) is 10.1 Å². The third-order valence-corrected chi connectivity index (χ3v) is 7.21. The van der Waals surface area contributed by atoms with Gasteiger partial charge in [-0.15, -0.1) is 0 Å². The highest BCUT2D eigenvalue weighted by molar-refractivity contribution is 5.90. The SMILES string of the molecule is Cc1ccc(C2CC=C(CN[C@H]3CC[C@@H](Nc4nc(N(C)C)c5ccccc5n4)CC3)O2)c([N+](=O)[O-])c1. The predicted molar refractivity (Wildman–Crippen MR) is 146 cm³/mol. The molecule has 1 aromatic heterocycles. The summed E-state index contributed by atoms with van der Waals surface area (Å²) in [6, 6.07) is 14.2. The Morgan fingerprint density at radius 1 is 1.08 bits per heavy atom. The number of para-hydroxylation sites is 1. The number of hydrogen-bond donors (Lipinski definition) is 2. The zero-order valence-corrected chi connectivity index (χ0v) is 21.6. The molecule has 0 amide bonds. The van der Waals surface area contributed by atoms with Crippen molar-refractivity contribution in [2.75, 3.05) is 30.9 Å². The minimum absolute atomic E-state index is 0.131. The Balaban J connectivity index is 1.12. The number of nitrogens with one attached hydrogen (secondary N) is 2. The number of aryl methyl sites for hydroxylation is 1. The number of nitrogens with zero attached hydrogens (tertiary/aromatic N) is 4. The van der Waals surface area contributed by atoms with E-state index < -0.39 is 0 Å². The van der Waals surface area contributed by atoms with Gasteiger partial charge in [-0.3, -0.25) is 10.1 Å². The largest absolute Gasteiger partial charge is 0.488 e. The Labute approximate surface area is 217 Å². The van der Waals surface area contributed by atoms with Gasteiger partial charge in [-0.25, -0.2) is 4.98 Å². The first-order valence-corrected chi connectivity index (χ1v) is 12.9. The summed E-state index contributed by atoms with van der Waals surface area (Å²) >= 11 is 0. The zero-order chi connectivity index (χ0) is 25.9. The molecule has 0 saturated heterocycles. The molecule has 2 heterocycles. The van der Waals surface area contributed by atoms with Crippen molar-refractivity contribution in [1.29, 1.82) is 0 Å². The molecular formula is C28H34N6O3. The minimum Gasteiger partial charge on any atom is -0.488 e. The lowest BCUT2D eigenvalue weighted by Gasteiger charge is -2.30. The van der Waals surface area contributed by atoms with Gasteiger partial charge in [0, 0.05) is 44.1 Å². The average molecular weight is 503 g/mol. The first-order valence-electron chi connectivity index (χ1n) is 12.9. The Morgan fingerprint density at radius 3 is 2.59 bits per heavy atom. The number of benzene rings is 2. The summed E-state index contributed by atoms with van der Waals surface area (Å²) in [7, 11) is 4.01. The van der Waals surface area contributed by atoms with E-state index in [4.69, 9.17) is 14.7 Å². The van der Waals surface area contributed by atoms with E-state index in [1.165, 1.54) is 0 Å². The van der Waals surface area contributed by atoms with E-state index in [1.807, 2.05) is 62.3 Å². The molecule has 1 unspecified atom stereocenters. The maximum atomic E-state index is 11.5. The highest BCUT2D eigenvalue weighted by Crippen LogP contribution is 2.36. The van der Waals surface area contributed by atoms with Crippen LogP contribution in [-0.4, -0.2) is 47.6 Å². The summed E-state index contributed by atoms with van der Waals surface area (Å²) in [5, 5.41) is 19.7. The van der Waals surface area contributed by atoms with E-state index in [0.29, 0.717) is 36.6 Å². The molecule has 2 N–H and O–H groups in total. The Kier molecular flexibility index (Phi) is 7.23. The number of ether oxygens (including phenoxy) is 1. The van der Waals surface area contributed by atoms with Crippen LogP contribution in [0.3, 0.4) is 0 Å². The van der Waals surface area contributed by atoms with Crippen molar-refractivity contribution in [2.24, 2.45) is 0 Å². The summed E-state index contributed by atoms with van der Waals surface area (Å²) in [5.41, 5.74) is 2.59. The molecule has 0 spiro atoms. The lowest BCUT2D eigenvalue weighted by atomic mass is 9.91. The van der Waals surface area contributed by atoms with Crippen LogP contribution in [-0.2, 0) is 4.74 Å². The molecule has 9 heteroatoms. The Morgan fingerprint density at radius 2 is 1.84 bits per heavy atom. The van der Waals surface area contributed by atoms with Gasteiger partial charge in [0.05, 0.1) is 22.5 Å². The first-order chi connectivity index (χ1) is 17.9. The molecule has 1 saturated carbocycles. The number of nitro groups is 1. The molecule has 1 fully saturated rings. The highest BCUT2D eigenvalue weighted by atomic mass is 16.6. The van der Waals surface area contributed by atoms with Gasteiger partial charge in [0.1, 0.15) is 17.7 Å². The summed E-state index contributed by atoms with van der Waals surface area (Å²) in [4.78, 5) is 22.7. The van der Waals surface area contributed by atoms with Crippen molar-refractivity contribution in [3.8, 4) is 0 Å². The monoisotopic (exact) mass is 502 g/mol. The topological polar surface area (TPSA) is 105 Å². The van der Waals surface area contributed by atoms with E-state index >= 15 is 0 Å². The van der Waals surface area contributed by atoms with Gasteiger partial charge in [0.25, 0.3) is 5.69 Å². The zero-order valence-electron chi connectivity index (χ0n) is 21.6. The maximum absolute atomic E-state index is 11.5. The van der Waals surface area contributed by atoms with E-state index in [-0.39, 0.29) is 16.7 Å². The molecule has 1 aliphatic carbocycles. The Bertz CT molecular complexity index is 1320. The van der Waals surface area contributed by atoms with Crippen molar-refractivity contribution in [2.45, 2.75) is 57.2 Å². The molecule has 0 radical (unpaired) electrons. The molecular weight excluding hydrogens is 468 g/mol. The molecule has 2 aromatic carbocycles. The van der Waals surface area contributed by atoms with Crippen molar-refractivity contribution in [3.63, 3.8) is 0 Å². The fourth-order valence-electron chi connectivity index (χ4n) is 5.24. The van der Waals surface area contributed by atoms with Gasteiger partial charge in [0.15, 0.2) is 0 Å². The molecule has 1 aliphatic heterocycles. The number of fused-ring (bicyclic) bond motifs is 1. The van der Waals surface area contributed by atoms with Crippen molar-refractivity contribution >= 4 is 28.4 Å². The summed E-state index contributed by atoms with van der Waals surface area (Å²) in [5.74, 6) is 2.46. The number of aromatic nitrogens is 2. The van der Waals surface area contributed by atoms with Gasteiger partial charge in [0.2, 0.25) is 5.95 Å². The second kappa shape index (κ2) is 10.7. The van der Waals surface area contributed by atoms with E-state index in [0.717, 1.165) is 53.7 Å². The molecule has 2 aliphatic rings. The third-order valence-electron chi connectivity index (χ3n) is 7.21. The fraction of sp³-hybridized carbons (Fsp3) is 0.429. The average Bonchev–Trinajstić information content (AvgIpc) is 3.36. The van der Waals surface area contributed by atoms with Crippen LogP contribution in [0.25, 0.3) is 10.9 Å². The van der Waals surface area contributed by atoms with Crippen LogP contribution in [0, 0.1) is 17.0 Å². The van der Waals surface area contributed by atoms with Crippen LogP contribution in [0.1, 0.15) is 49.3 Å². The second-order valence-electron chi connectivity index (χ2n) is 10.2. The molecule has 37 heavy (non-hydrogen) atoms. The highest BCUT2D eigenvalue weighted by Gasteiger charge is 2.28. The number of nitro benzene ring substituents is 1. The fourth-order valence-corrected chi connectivity index (χ4v) is 5.24. The van der Waals surface area contributed by atoms with Crippen LogP contribution in [0.15, 0.2) is 54.3 Å². The molecule has 9 nitrogen and oxygen atoms in total. The van der Waals surface area contributed by atoms with Crippen molar-refractivity contribution in [3.05, 3.63) is 75.5 Å². The van der Waals surface area contributed by atoms with Crippen molar-refractivity contribution in [1.82, 2.24) is 15.3 Å². The van der Waals surface area contributed by atoms with Crippen LogP contribution < -0.4 is 15.5 Å². The molecule has 1 atom stereocenters. The molecule has 5 rings (SSSR count). The normalized spacial score (nSPS) is 21.4. The number of hydrogen-bond acceptors (Lipinski definition) is 8. The number of anilines is 2. The quantitative estimate of drug-likeness (QED) is 0.317. The third kappa shape index (κ3) is 5.67. The Hall–Kier alpha value is -3.72. The lowest BCUT2D eigenvalue weighted by molar-refractivity contribution is -0.386. The van der Waals surface area contributed by atoms with Gasteiger partial charge in [-0.2, -0.15) is 4.98 Å².